The quantitative estimate of drug-likeness (QED) is 0.368. The highest BCUT2D eigenvalue weighted by Crippen LogP contribution is 2.20. The topological polar surface area (TPSA) is 127 Å². The van der Waals surface area contributed by atoms with Crippen LogP contribution in [0.15, 0.2) is 70.9 Å². The number of nitrogens with one attached hydrogen (secondary N) is 2. The van der Waals surface area contributed by atoms with Crippen LogP contribution < -0.4 is 16.4 Å². The van der Waals surface area contributed by atoms with Crippen LogP contribution >= 0.6 is 0 Å². The van der Waals surface area contributed by atoms with E-state index in [4.69, 9.17) is 5.73 Å². The maximum Gasteiger partial charge on any atom is 0.267 e. The number of anilines is 1. The third-order valence-electron chi connectivity index (χ3n) is 5.84. The molecule has 0 atom stereocenters. The fraction of sp³-hybridized carbons (Fsp3) is 0.276. The van der Waals surface area contributed by atoms with Crippen LogP contribution in [-0.2, 0) is 4.79 Å². The molecule has 4 N–H and O–H groups in total. The summed E-state index contributed by atoms with van der Waals surface area (Å²) < 4.78 is 12.6. The molecule has 0 spiro atoms. The molecule has 0 bridgehead atoms. The fourth-order valence-electron chi connectivity index (χ4n) is 3.36. The number of hydrogen-bond acceptors (Lipinski definition) is 5. The van der Waals surface area contributed by atoms with Gasteiger partial charge in [-0.2, -0.15) is 0 Å². The number of aliphatic imine (C=N–C) groups is 1. The number of fused-ring (bicyclic) bond motifs is 1. The van der Waals surface area contributed by atoms with E-state index in [1.54, 1.807) is 44.3 Å². The normalized spacial score (nSPS) is 11.8. The van der Waals surface area contributed by atoms with E-state index >= 15 is 0 Å². The van der Waals surface area contributed by atoms with Gasteiger partial charge in [0.2, 0.25) is 5.91 Å². The van der Waals surface area contributed by atoms with Gasteiger partial charge in [-0.15, -0.1) is 0 Å². The molecular weight excluding hydrogens is 485 g/mol. The number of primary amides is 1. The molecule has 0 aliphatic heterocycles. The lowest BCUT2D eigenvalue weighted by molar-refractivity contribution is -0.115. The largest absolute Gasteiger partial charge is 0.364 e. The second kappa shape index (κ2) is 13.8. The van der Waals surface area contributed by atoms with Crippen molar-refractivity contribution in [3.05, 3.63) is 82.9 Å². The number of nitrogens with zero attached hydrogens (tertiary/aromatic N) is 2. The highest BCUT2D eigenvalue weighted by molar-refractivity contribution is 6.12. The lowest BCUT2D eigenvalue weighted by atomic mass is 10.00. The Morgan fingerprint density at radius 1 is 1.05 bits per heavy atom. The molecule has 0 radical (unpaired) electrons. The summed E-state index contributed by atoms with van der Waals surface area (Å²) in [5.74, 6) is -1.21. The second-order valence-electron chi connectivity index (χ2n) is 8.82. The number of pyridine rings is 1. The maximum atomic E-state index is 13.0. The third-order valence-corrected chi connectivity index (χ3v) is 5.84. The molecule has 0 aliphatic rings. The van der Waals surface area contributed by atoms with Gasteiger partial charge < -0.3 is 16.4 Å². The van der Waals surface area contributed by atoms with Crippen molar-refractivity contribution in [1.82, 2.24) is 10.3 Å². The van der Waals surface area contributed by atoms with Gasteiger partial charge in [-0.3, -0.25) is 19.4 Å². The highest BCUT2D eigenvalue weighted by Gasteiger charge is 2.18. The van der Waals surface area contributed by atoms with E-state index in [0.29, 0.717) is 34.3 Å². The Morgan fingerprint density at radius 3 is 2.32 bits per heavy atom. The maximum absolute atomic E-state index is 13.0. The van der Waals surface area contributed by atoms with Crippen molar-refractivity contribution in [3.63, 3.8) is 0 Å². The molecule has 38 heavy (non-hydrogen) atoms. The number of para-hydroxylation sites is 1. The Bertz CT molecular complexity index is 1400. The van der Waals surface area contributed by atoms with Gasteiger partial charge in [0.25, 0.3) is 11.8 Å². The molecule has 0 aliphatic carbocycles. The zero-order valence-electron chi connectivity index (χ0n) is 22.6. The zero-order chi connectivity index (χ0) is 28.4. The van der Waals surface area contributed by atoms with E-state index in [1.165, 1.54) is 18.2 Å². The first kappa shape index (κ1) is 29.8. The van der Waals surface area contributed by atoms with Crippen LogP contribution in [0, 0.1) is 11.7 Å². The van der Waals surface area contributed by atoms with Gasteiger partial charge in [-0.1, -0.05) is 45.0 Å². The van der Waals surface area contributed by atoms with Crippen molar-refractivity contribution in [1.29, 1.82) is 0 Å². The summed E-state index contributed by atoms with van der Waals surface area (Å²) in [7, 11) is 1.68. The van der Waals surface area contributed by atoms with E-state index in [-0.39, 0.29) is 29.2 Å². The first-order valence-corrected chi connectivity index (χ1v) is 12.2. The Kier molecular flexibility index (Phi) is 10.8. The van der Waals surface area contributed by atoms with Crippen LogP contribution in [0.5, 0.6) is 0 Å². The smallest absolute Gasteiger partial charge is 0.267 e. The average molecular weight is 520 g/mol. The van der Waals surface area contributed by atoms with Gasteiger partial charge >= 0.3 is 0 Å². The molecule has 1 heterocycles. The standard InChI is InChI=1S/C20H24N4O2.C9H10FNO/c1-11(2)12(3)18(13(4)22-5)24-20(26)15-10-17(19(21)25)23-16-9-7-6-8-14(15)16;1-2-9(12)11-8-5-3-4-7(10)6-8/h6-11H,1-5H3,(H2,21,25)(H,24,26);3-6H,2H2,1H3,(H,11,12)/b18-12+,22-13?;. The Morgan fingerprint density at radius 2 is 1.74 bits per heavy atom. The average Bonchev–Trinajstić information content (AvgIpc) is 2.90. The van der Waals surface area contributed by atoms with Crippen LogP contribution in [0.25, 0.3) is 10.9 Å². The molecule has 3 amide bonds. The van der Waals surface area contributed by atoms with Crippen LogP contribution in [0.1, 0.15) is 61.9 Å². The number of allylic oxidation sites excluding steroid dienone is 2. The monoisotopic (exact) mass is 519 g/mol. The van der Waals surface area contributed by atoms with E-state index in [0.717, 1.165) is 11.3 Å². The number of nitrogens with two attached hydrogens (primary N) is 1. The molecule has 200 valence electrons. The number of aromatic nitrogens is 1. The SMILES string of the molecule is CCC(=O)Nc1cccc(F)c1.CN=C(C)/C(NC(=O)c1cc(C(N)=O)nc2ccccc12)=C(/C)C(C)C. The van der Waals surface area contributed by atoms with E-state index in [9.17, 15) is 18.8 Å². The number of amides is 3. The van der Waals surface area contributed by atoms with Crippen LogP contribution in [0.2, 0.25) is 0 Å². The van der Waals surface area contributed by atoms with Gasteiger partial charge in [-0.05, 0) is 55.7 Å². The number of rotatable bonds is 7. The molecule has 0 saturated heterocycles. The summed E-state index contributed by atoms with van der Waals surface area (Å²) in [5, 5.41) is 6.16. The summed E-state index contributed by atoms with van der Waals surface area (Å²) >= 11 is 0. The number of carbonyl (C=O) groups is 3. The van der Waals surface area contributed by atoms with Gasteiger partial charge in [0.1, 0.15) is 11.5 Å². The van der Waals surface area contributed by atoms with Crippen molar-refractivity contribution in [3.8, 4) is 0 Å². The number of hydrogen-bond donors (Lipinski definition) is 3. The molecule has 2 aromatic carbocycles. The molecule has 0 fully saturated rings. The highest BCUT2D eigenvalue weighted by atomic mass is 19.1. The Labute approximate surface area is 222 Å². The first-order chi connectivity index (χ1) is 18.0. The fourth-order valence-corrected chi connectivity index (χ4v) is 3.36. The molecule has 8 nitrogen and oxygen atoms in total. The van der Waals surface area contributed by atoms with E-state index in [2.05, 4.69) is 34.5 Å². The van der Waals surface area contributed by atoms with Crippen molar-refractivity contribution >= 4 is 40.0 Å². The first-order valence-electron chi connectivity index (χ1n) is 12.2. The summed E-state index contributed by atoms with van der Waals surface area (Å²) in [6, 6.07) is 14.4. The Hall–Kier alpha value is -4.40. The predicted octanol–water partition coefficient (Wildman–Crippen LogP) is 5.26. The van der Waals surface area contributed by atoms with Crippen molar-refractivity contribution in [2.45, 2.75) is 41.0 Å². The minimum absolute atomic E-state index is 0.0563. The van der Waals surface area contributed by atoms with Gasteiger partial charge in [0, 0.05) is 24.5 Å². The number of halogens is 1. The predicted molar refractivity (Wildman–Crippen MR) is 150 cm³/mol. The zero-order valence-corrected chi connectivity index (χ0v) is 22.6. The van der Waals surface area contributed by atoms with Crippen LogP contribution in [0.3, 0.4) is 0 Å². The van der Waals surface area contributed by atoms with Gasteiger partial charge in [0.05, 0.1) is 22.5 Å². The van der Waals surface area contributed by atoms with Crippen LogP contribution in [-0.4, -0.2) is 35.5 Å². The van der Waals surface area contributed by atoms with Crippen molar-refractivity contribution < 1.29 is 18.8 Å². The summed E-state index contributed by atoms with van der Waals surface area (Å²) in [6.07, 6.45) is 0.399. The van der Waals surface area contributed by atoms with Crippen LogP contribution in [0.4, 0.5) is 10.1 Å². The van der Waals surface area contributed by atoms with Gasteiger partial charge in [0.15, 0.2) is 0 Å². The summed E-state index contributed by atoms with van der Waals surface area (Å²) in [6.45, 7) is 9.67. The third kappa shape index (κ3) is 8.06. The summed E-state index contributed by atoms with van der Waals surface area (Å²) in [5.41, 5.74) is 9.27. The van der Waals surface area contributed by atoms with Crippen molar-refractivity contribution in [2.75, 3.05) is 12.4 Å². The minimum Gasteiger partial charge on any atom is -0.364 e. The van der Waals surface area contributed by atoms with E-state index in [1.807, 2.05) is 19.9 Å². The molecule has 0 unspecified atom stereocenters. The molecule has 1 aromatic heterocycles. The molecule has 3 rings (SSSR count). The Balaban J connectivity index is 0.000000352. The van der Waals surface area contributed by atoms with E-state index < -0.39 is 5.91 Å². The lowest BCUT2D eigenvalue weighted by Crippen LogP contribution is -2.29. The molecule has 3 aromatic rings. The minimum atomic E-state index is -0.676. The molecule has 0 saturated carbocycles. The molecular formula is C29H34FN5O3. The lowest BCUT2D eigenvalue weighted by Gasteiger charge is -2.17. The summed E-state index contributed by atoms with van der Waals surface area (Å²) in [4.78, 5) is 43.9. The number of benzene rings is 2. The van der Waals surface area contributed by atoms with Gasteiger partial charge in [-0.25, -0.2) is 9.37 Å². The van der Waals surface area contributed by atoms with Crippen molar-refractivity contribution in [2.24, 2.45) is 16.6 Å². The molecule has 9 heteroatoms. The second-order valence-corrected chi connectivity index (χ2v) is 8.82. The number of carbonyl (C=O) groups excluding carboxylic acids is 3.